The maximum absolute atomic E-state index is 12.0. The number of hydrogen-bond acceptors (Lipinski definition) is 4. The highest BCUT2D eigenvalue weighted by Gasteiger charge is 2.11. The second kappa shape index (κ2) is 5.24. The number of amides is 1. The Labute approximate surface area is 119 Å². The van der Waals surface area contributed by atoms with Gasteiger partial charge in [0.15, 0.2) is 0 Å². The second-order valence-corrected chi connectivity index (χ2v) is 4.80. The molecule has 21 heavy (non-hydrogen) atoms. The van der Waals surface area contributed by atoms with Crippen molar-refractivity contribution in [1.29, 1.82) is 0 Å². The van der Waals surface area contributed by atoms with Crippen LogP contribution < -0.4 is 10.9 Å². The Bertz CT molecular complexity index is 850. The number of benzene rings is 1. The summed E-state index contributed by atoms with van der Waals surface area (Å²) in [5, 5.41) is 9.83. The Morgan fingerprint density at radius 1 is 1.38 bits per heavy atom. The molecular weight excluding hydrogens is 270 g/mol. The summed E-state index contributed by atoms with van der Waals surface area (Å²) in [6.45, 7) is 1.91. The zero-order valence-corrected chi connectivity index (χ0v) is 11.3. The van der Waals surface area contributed by atoms with E-state index in [0.717, 1.165) is 10.9 Å². The Kier molecular flexibility index (Phi) is 3.27. The van der Waals surface area contributed by atoms with E-state index in [4.69, 9.17) is 4.42 Å². The van der Waals surface area contributed by atoms with E-state index in [-0.39, 0.29) is 12.3 Å². The van der Waals surface area contributed by atoms with Gasteiger partial charge >= 0.3 is 5.63 Å². The molecule has 0 fully saturated rings. The van der Waals surface area contributed by atoms with Crippen LogP contribution in [0.2, 0.25) is 0 Å². The lowest BCUT2D eigenvalue weighted by molar-refractivity contribution is -0.115. The summed E-state index contributed by atoms with van der Waals surface area (Å²) in [7, 11) is 0. The molecule has 0 unspecified atom stereocenters. The van der Waals surface area contributed by atoms with Crippen LogP contribution in [0.5, 0.6) is 0 Å². The molecule has 0 aliphatic rings. The average Bonchev–Trinajstić information content (AvgIpc) is 2.90. The molecule has 0 spiro atoms. The highest BCUT2D eigenvalue weighted by Crippen LogP contribution is 2.19. The van der Waals surface area contributed by atoms with Crippen LogP contribution in [0.4, 0.5) is 5.69 Å². The van der Waals surface area contributed by atoms with Crippen LogP contribution in [0.25, 0.3) is 11.0 Å². The predicted octanol–water partition coefficient (Wildman–Crippen LogP) is 2.01. The Morgan fingerprint density at radius 3 is 3.00 bits per heavy atom. The minimum absolute atomic E-state index is 0.0936. The Hall–Kier alpha value is -2.89. The number of rotatable bonds is 3. The van der Waals surface area contributed by atoms with Gasteiger partial charge in [-0.15, -0.1) is 0 Å². The molecule has 0 aliphatic heterocycles. The summed E-state index contributed by atoms with van der Waals surface area (Å²) in [4.78, 5) is 23.6. The van der Waals surface area contributed by atoms with Crippen LogP contribution in [0.3, 0.4) is 0 Å². The summed E-state index contributed by atoms with van der Waals surface area (Å²) < 4.78 is 5.17. The number of nitrogens with zero attached hydrogens (tertiary/aromatic N) is 1. The van der Waals surface area contributed by atoms with Gasteiger partial charge in [-0.2, -0.15) is 5.10 Å². The molecule has 6 heteroatoms. The number of anilines is 1. The Balaban J connectivity index is 1.93. The maximum atomic E-state index is 12.0. The van der Waals surface area contributed by atoms with Crippen molar-refractivity contribution in [2.24, 2.45) is 0 Å². The van der Waals surface area contributed by atoms with Gasteiger partial charge < -0.3 is 9.73 Å². The van der Waals surface area contributed by atoms with Gasteiger partial charge in [0.2, 0.25) is 5.91 Å². The molecule has 0 atom stereocenters. The molecule has 0 saturated heterocycles. The molecule has 2 aromatic heterocycles. The molecule has 0 bridgehead atoms. The molecule has 1 amide bonds. The minimum Gasteiger partial charge on any atom is -0.423 e. The first kappa shape index (κ1) is 13.1. The van der Waals surface area contributed by atoms with Crippen LogP contribution >= 0.6 is 0 Å². The fourth-order valence-corrected chi connectivity index (χ4v) is 2.18. The molecule has 6 nitrogen and oxygen atoms in total. The van der Waals surface area contributed by atoms with E-state index in [0.29, 0.717) is 16.8 Å². The minimum atomic E-state index is -0.459. The summed E-state index contributed by atoms with van der Waals surface area (Å²) in [6.07, 6.45) is 3.19. The van der Waals surface area contributed by atoms with Crippen LogP contribution in [0.1, 0.15) is 11.1 Å². The van der Waals surface area contributed by atoms with Crippen molar-refractivity contribution in [3.8, 4) is 0 Å². The van der Waals surface area contributed by atoms with E-state index in [1.165, 1.54) is 12.3 Å². The average molecular weight is 283 g/mol. The highest BCUT2D eigenvalue weighted by molar-refractivity contribution is 5.94. The maximum Gasteiger partial charge on any atom is 0.336 e. The van der Waals surface area contributed by atoms with Gasteiger partial charge in [-0.25, -0.2) is 4.79 Å². The number of carbonyl (C=O) groups is 1. The van der Waals surface area contributed by atoms with Crippen LogP contribution in [-0.4, -0.2) is 16.1 Å². The number of H-pyrrole nitrogens is 1. The van der Waals surface area contributed by atoms with E-state index >= 15 is 0 Å². The quantitative estimate of drug-likeness (QED) is 0.720. The van der Waals surface area contributed by atoms with Crippen molar-refractivity contribution in [1.82, 2.24) is 10.2 Å². The molecule has 0 radical (unpaired) electrons. The van der Waals surface area contributed by atoms with Gasteiger partial charge in [0.05, 0.1) is 18.3 Å². The second-order valence-electron chi connectivity index (χ2n) is 4.80. The smallest absolute Gasteiger partial charge is 0.336 e. The van der Waals surface area contributed by atoms with Gasteiger partial charge in [0.1, 0.15) is 5.58 Å². The molecule has 1 aromatic carbocycles. The molecule has 0 saturated carbocycles. The van der Waals surface area contributed by atoms with Gasteiger partial charge in [-0.05, 0) is 24.1 Å². The predicted molar refractivity (Wildman–Crippen MR) is 78.1 cm³/mol. The van der Waals surface area contributed by atoms with Crippen molar-refractivity contribution in [2.75, 3.05) is 5.32 Å². The van der Waals surface area contributed by atoms with E-state index in [1.807, 2.05) is 19.1 Å². The summed E-state index contributed by atoms with van der Waals surface area (Å²) >= 11 is 0. The largest absolute Gasteiger partial charge is 0.423 e. The van der Waals surface area contributed by atoms with Gasteiger partial charge in [0, 0.05) is 17.6 Å². The fraction of sp³-hybridized carbons (Fsp3) is 0.133. The lowest BCUT2D eigenvalue weighted by atomic mass is 10.1. The first-order valence-electron chi connectivity index (χ1n) is 6.44. The van der Waals surface area contributed by atoms with Crippen molar-refractivity contribution >= 4 is 22.6 Å². The number of fused-ring (bicyclic) bond motifs is 1. The van der Waals surface area contributed by atoms with Crippen LogP contribution in [0.15, 0.2) is 45.9 Å². The SMILES string of the molecule is Cc1ccc2c(CC(=O)Nc3cn[nH]c3)cc(=O)oc2c1. The third-order valence-corrected chi connectivity index (χ3v) is 3.12. The summed E-state index contributed by atoms with van der Waals surface area (Å²) in [6, 6.07) is 6.91. The number of nitrogens with one attached hydrogen (secondary N) is 2. The lowest BCUT2D eigenvalue weighted by Crippen LogP contribution is -2.15. The summed E-state index contributed by atoms with van der Waals surface area (Å²) in [5.41, 5.74) is 2.25. The molecule has 2 N–H and O–H groups in total. The molecule has 106 valence electrons. The van der Waals surface area contributed by atoms with E-state index < -0.39 is 5.63 Å². The number of aromatic nitrogens is 2. The normalized spacial score (nSPS) is 10.7. The number of carbonyl (C=O) groups excluding carboxylic acids is 1. The fourth-order valence-electron chi connectivity index (χ4n) is 2.18. The van der Waals surface area contributed by atoms with E-state index in [1.54, 1.807) is 12.3 Å². The highest BCUT2D eigenvalue weighted by atomic mass is 16.4. The third kappa shape index (κ3) is 2.84. The van der Waals surface area contributed by atoms with Gasteiger partial charge in [-0.3, -0.25) is 9.89 Å². The molecule has 3 aromatic rings. The zero-order chi connectivity index (χ0) is 14.8. The van der Waals surface area contributed by atoms with Crippen LogP contribution in [-0.2, 0) is 11.2 Å². The van der Waals surface area contributed by atoms with Gasteiger partial charge in [-0.1, -0.05) is 12.1 Å². The molecule has 2 heterocycles. The van der Waals surface area contributed by atoms with Crippen molar-refractivity contribution in [2.45, 2.75) is 13.3 Å². The van der Waals surface area contributed by atoms with Crippen LogP contribution in [0, 0.1) is 6.92 Å². The number of aromatic amines is 1. The zero-order valence-electron chi connectivity index (χ0n) is 11.3. The van der Waals surface area contributed by atoms with E-state index in [2.05, 4.69) is 15.5 Å². The standard InChI is InChI=1S/C15H13N3O3/c1-9-2-3-12-10(6-15(20)21-13(12)4-9)5-14(19)18-11-7-16-17-8-11/h2-4,6-8H,5H2,1H3,(H,16,17)(H,18,19). The summed E-state index contributed by atoms with van der Waals surface area (Å²) in [5.74, 6) is -0.219. The monoisotopic (exact) mass is 283 g/mol. The molecule has 3 rings (SSSR count). The topological polar surface area (TPSA) is 88.0 Å². The first-order chi connectivity index (χ1) is 10.1. The molecular formula is C15H13N3O3. The molecule has 0 aliphatic carbocycles. The number of aryl methyl sites for hydroxylation is 1. The van der Waals surface area contributed by atoms with E-state index in [9.17, 15) is 9.59 Å². The third-order valence-electron chi connectivity index (χ3n) is 3.12. The first-order valence-corrected chi connectivity index (χ1v) is 6.44. The van der Waals surface area contributed by atoms with Crippen molar-refractivity contribution in [3.63, 3.8) is 0 Å². The Morgan fingerprint density at radius 2 is 2.24 bits per heavy atom. The lowest BCUT2D eigenvalue weighted by Gasteiger charge is -2.06. The van der Waals surface area contributed by atoms with Gasteiger partial charge in [0.25, 0.3) is 0 Å². The van der Waals surface area contributed by atoms with Crippen molar-refractivity contribution in [3.05, 3.63) is 58.2 Å². The van der Waals surface area contributed by atoms with Crippen molar-refractivity contribution < 1.29 is 9.21 Å². The number of hydrogen-bond donors (Lipinski definition) is 2.